The molecule has 1 atom stereocenters. The molecule has 2 nitrogen and oxygen atoms in total. The Kier molecular flexibility index (Phi) is 2.95. The minimum atomic E-state index is 0.658. The Morgan fingerprint density at radius 2 is 2.06 bits per heavy atom. The van der Waals surface area contributed by atoms with Gasteiger partial charge in [0, 0.05) is 5.02 Å². The van der Waals surface area contributed by atoms with Crippen LogP contribution in [0.4, 0.5) is 0 Å². The lowest BCUT2D eigenvalue weighted by Crippen LogP contribution is -2.42. The van der Waals surface area contributed by atoms with Crippen LogP contribution in [0.3, 0.4) is 0 Å². The number of benzene rings is 1. The minimum Gasteiger partial charge on any atom is -0.246 e. The molecule has 1 aromatic rings. The van der Waals surface area contributed by atoms with Gasteiger partial charge in [-0.1, -0.05) is 18.2 Å². The van der Waals surface area contributed by atoms with Crippen LogP contribution in [0, 0.1) is 0 Å². The second-order valence-electron chi connectivity index (χ2n) is 4.00. The van der Waals surface area contributed by atoms with Gasteiger partial charge in [0.15, 0.2) is 0 Å². The number of quaternary nitrogens is 1. The molecule has 1 aliphatic heterocycles. The summed E-state index contributed by atoms with van der Waals surface area (Å²) in [6.07, 6.45) is 5.81. The van der Waals surface area contributed by atoms with Crippen molar-refractivity contribution in [2.75, 3.05) is 13.6 Å². The first-order chi connectivity index (χ1) is 7.65. The van der Waals surface area contributed by atoms with Gasteiger partial charge in [-0.25, -0.2) is 4.48 Å². The molecule has 1 unspecified atom stereocenters. The number of aliphatic imine (C=N–C) groups is 1. The van der Waals surface area contributed by atoms with Crippen LogP contribution in [0.1, 0.15) is 5.56 Å². The molecule has 0 N–H and O–H groups in total. The van der Waals surface area contributed by atoms with Gasteiger partial charge < -0.3 is 0 Å². The van der Waals surface area contributed by atoms with Gasteiger partial charge in [-0.3, -0.25) is 0 Å². The molecule has 1 heterocycles. The van der Waals surface area contributed by atoms with E-state index in [0.29, 0.717) is 4.48 Å². The summed E-state index contributed by atoms with van der Waals surface area (Å²) >= 11 is 5.87. The van der Waals surface area contributed by atoms with Crippen LogP contribution >= 0.6 is 11.6 Å². The van der Waals surface area contributed by atoms with E-state index >= 15 is 0 Å². The maximum absolute atomic E-state index is 5.87. The van der Waals surface area contributed by atoms with Crippen molar-refractivity contribution in [2.24, 2.45) is 4.99 Å². The van der Waals surface area contributed by atoms with Crippen LogP contribution < -0.4 is 0 Å². The molecule has 1 aliphatic rings. The van der Waals surface area contributed by atoms with Gasteiger partial charge in [-0.05, 0) is 30.3 Å². The van der Waals surface area contributed by atoms with Crippen LogP contribution in [0.5, 0.6) is 0 Å². The highest BCUT2D eigenvalue weighted by atomic mass is 35.5. The van der Waals surface area contributed by atoms with Gasteiger partial charge in [-0.15, -0.1) is 0 Å². The van der Waals surface area contributed by atoms with Crippen LogP contribution in [0.2, 0.25) is 5.02 Å². The molecule has 0 aromatic heterocycles. The van der Waals surface area contributed by atoms with Crippen molar-refractivity contribution >= 4 is 17.4 Å². The van der Waals surface area contributed by atoms with Gasteiger partial charge in [0.2, 0.25) is 5.84 Å². The number of amidine groups is 1. The third-order valence-electron chi connectivity index (χ3n) is 2.69. The minimum absolute atomic E-state index is 0.658. The van der Waals surface area contributed by atoms with Gasteiger partial charge in [0.25, 0.3) is 0 Å². The SMILES string of the molecule is C=CC[N+]1(C)C=CN=C1c1ccc(Cl)cc1. The van der Waals surface area contributed by atoms with Crippen LogP contribution in [-0.4, -0.2) is 23.9 Å². The molecule has 82 valence electrons. The number of likely N-dealkylation sites (N-methyl/N-ethyl adjacent to an activating group) is 1. The maximum Gasteiger partial charge on any atom is 0.239 e. The molecule has 0 bridgehead atoms. The van der Waals surface area contributed by atoms with E-state index in [1.54, 1.807) is 0 Å². The maximum atomic E-state index is 5.87. The van der Waals surface area contributed by atoms with E-state index < -0.39 is 0 Å². The van der Waals surface area contributed by atoms with E-state index in [-0.39, 0.29) is 0 Å². The zero-order valence-electron chi connectivity index (χ0n) is 9.23. The van der Waals surface area contributed by atoms with Crippen molar-refractivity contribution in [3.05, 3.63) is 59.9 Å². The van der Waals surface area contributed by atoms with E-state index in [2.05, 4.69) is 24.8 Å². The highest BCUT2D eigenvalue weighted by Crippen LogP contribution is 2.20. The van der Waals surface area contributed by atoms with E-state index in [4.69, 9.17) is 11.6 Å². The quantitative estimate of drug-likeness (QED) is 0.562. The number of hydrogen-bond acceptors (Lipinski definition) is 1. The summed E-state index contributed by atoms with van der Waals surface area (Å²) in [4.78, 5) is 4.42. The number of nitrogens with zero attached hydrogens (tertiary/aromatic N) is 2. The first kappa shape index (κ1) is 11.1. The second kappa shape index (κ2) is 4.24. The highest BCUT2D eigenvalue weighted by Gasteiger charge is 2.30. The molecule has 0 spiro atoms. The number of halogens is 1. The summed E-state index contributed by atoms with van der Waals surface area (Å²) in [6, 6.07) is 7.76. The Labute approximate surface area is 101 Å². The molecule has 0 aliphatic carbocycles. The van der Waals surface area contributed by atoms with Crippen molar-refractivity contribution in [1.82, 2.24) is 0 Å². The summed E-state index contributed by atoms with van der Waals surface area (Å²) in [7, 11) is 2.11. The fourth-order valence-electron chi connectivity index (χ4n) is 1.84. The first-order valence-electron chi connectivity index (χ1n) is 5.14. The Morgan fingerprint density at radius 3 is 2.69 bits per heavy atom. The fraction of sp³-hybridized carbons (Fsp3) is 0.154. The molecule has 0 saturated carbocycles. The summed E-state index contributed by atoms with van der Waals surface area (Å²) in [5.74, 6) is 1.02. The fourth-order valence-corrected chi connectivity index (χ4v) is 1.96. The lowest BCUT2D eigenvalue weighted by Gasteiger charge is -2.26. The summed E-state index contributed by atoms with van der Waals surface area (Å²) in [6.45, 7) is 4.62. The van der Waals surface area contributed by atoms with Crippen molar-refractivity contribution in [3.8, 4) is 0 Å². The molecule has 2 rings (SSSR count). The van der Waals surface area contributed by atoms with Gasteiger partial charge in [0.1, 0.15) is 12.7 Å². The zero-order chi connectivity index (χ0) is 11.6. The predicted octanol–water partition coefficient (Wildman–Crippen LogP) is 3.20. The molecular formula is C13H14ClN2+. The largest absolute Gasteiger partial charge is 0.246 e. The summed E-state index contributed by atoms with van der Waals surface area (Å²) in [5, 5.41) is 0.744. The Balaban J connectivity index is 2.35. The molecule has 0 radical (unpaired) electrons. The lowest BCUT2D eigenvalue weighted by atomic mass is 10.1. The van der Waals surface area contributed by atoms with E-state index in [0.717, 1.165) is 23.0 Å². The van der Waals surface area contributed by atoms with E-state index in [9.17, 15) is 0 Å². The summed E-state index contributed by atoms with van der Waals surface area (Å²) in [5.41, 5.74) is 1.10. The van der Waals surface area contributed by atoms with Gasteiger partial charge in [-0.2, -0.15) is 4.99 Å². The Bertz CT molecular complexity index is 459. The molecule has 3 heteroatoms. The van der Waals surface area contributed by atoms with E-state index in [1.165, 1.54) is 0 Å². The number of rotatable bonds is 3. The van der Waals surface area contributed by atoms with E-state index in [1.807, 2.05) is 36.5 Å². The van der Waals surface area contributed by atoms with Crippen LogP contribution in [-0.2, 0) is 0 Å². The van der Waals surface area contributed by atoms with Crippen molar-refractivity contribution in [1.29, 1.82) is 0 Å². The second-order valence-corrected chi connectivity index (χ2v) is 4.43. The lowest BCUT2D eigenvalue weighted by molar-refractivity contribution is -0.755. The molecule has 16 heavy (non-hydrogen) atoms. The average molecular weight is 234 g/mol. The predicted molar refractivity (Wildman–Crippen MR) is 68.4 cm³/mol. The van der Waals surface area contributed by atoms with Gasteiger partial charge in [0.05, 0.1) is 18.8 Å². The summed E-state index contributed by atoms with van der Waals surface area (Å²) < 4.78 is 0.658. The number of hydrogen-bond donors (Lipinski definition) is 0. The Hall–Kier alpha value is -1.38. The molecule has 0 saturated heterocycles. The average Bonchev–Trinajstić information content (AvgIpc) is 2.62. The highest BCUT2D eigenvalue weighted by molar-refractivity contribution is 6.30. The standard InChI is InChI=1S/C13H14ClN2/c1-3-9-16(2)10-8-15-13(16)11-4-6-12(14)7-5-11/h3-8,10H,1,9H2,2H3/q+1. The third-order valence-corrected chi connectivity index (χ3v) is 2.94. The van der Waals surface area contributed by atoms with Crippen molar-refractivity contribution < 1.29 is 4.48 Å². The molecular weight excluding hydrogens is 220 g/mol. The normalized spacial score (nSPS) is 23.2. The smallest absolute Gasteiger partial charge is 0.239 e. The molecule has 0 fully saturated rings. The Morgan fingerprint density at radius 1 is 1.38 bits per heavy atom. The first-order valence-corrected chi connectivity index (χ1v) is 5.52. The van der Waals surface area contributed by atoms with Crippen molar-refractivity contribution in [3.63, 3.8) is 0 Å². The third kappa shape index (κ3) is 1.94. The monoisotopic (exact) mass is 233 g/mol. The zero-order valence-corrected chi connectivity index (χ0v) is 9.98. The van der Waals surface area contributed by atoms with Crippen LogP contribution in [0.25, 0.3) is 0 Å². The van der Waals surface area contributed by atoms with Gasteiger partial charge >= 0.3 is 0 Å². The van der Waals surface area contributed by atoms with Crippen LogP contribution in [0.15, 0.2) is 54.3 Å². The molecule has 0 amide bonds. The topological polar surface area (TPSA) is 12.4 Å². The molecule has 1 aromatic carbocycles. The van der Waals surface area contributed by atoms with Crippen molar-refractivity contribution in [2.45, 2.75) is 0 Å².